The zero-order chi connectivity index (χ0) is 19.7. The predicted octanol–water partition coefficient (Wildman–Crippen LogP) is 3.48. The number of carbonyl (C=O) groups is 1. The second-order valence-corrected chi connectivity index (χ2v) is 7.62. The standard InChI is InChI=1S/C20H19FN2O4S/c1-12-16-18(22-15-4-2-9-23(15)19(16)24)28-17(12)20(25)27-11-3-10-26-14-7-5-13(21)6-8-14/h5-8H,2-4,9-11H2,1H3. The van der Waals surface area contributed by atoms with Crippen LogP contribution in [0.3, 0.4) is 0 Å². The van der Waals surface area contributed by atoms with Crippen LogP contribution in [0.1, 0.15) is 33.9 Å². The number of thiophene rings is 1. The third-order valence-electron chi connectivity index (χ3n) is 4.70. The van der Waals surface area contributed by atoms with Crippen LogP contribution in [0.2, 0.25) is 0 Å². The lowest BCUT2D eigenvalue weighted by Crippen LogP contribution is -2.20. The highest BCUT2D eigenvalue weighted by atomic mass is 32.1. The van der Waals surface area contributed by atoms with Gasteiger partial charge >= 0.3 is 5.97 Å². The van der Waals surface area contributed by atoms with Crippen LogP contribution in [0.25, 0.3) is 10.2 Å². The van der Waals surface area contributed by atoms with Gasteiger partial charge in [0.1, 0.15) is 27.1 Å². The molecule has 3 heterocycles. The van der Waals surface area contributed by atoms with Crippen LogP contribution in [0.15, 0.2) is 29.1 Å². The van der Waals surface area contributed by atoms with E-state index in [2.05, 4.69) is 4.98 Å². The van der Waals surface area contributed by atoms with E-state index in [4.69, 9.17) is 9.47 Å². The van der Waals surface area contributed by atoms with Crippen LogP contribution in [0.5, 0.6) is 5.75 Å². The first-order chi connectivity index (χ1) is 13.5. The van der Waals surface area contributed by atoms with Gasteiger partial charge in [-0.1, -0.05) is 0 Å². The topological polar surface area (TPSA) is 70.4 Å². The summed E-state index contributed by atoms with van der Waals surface area (Å²) in [7, 11) is 0. The van der Waals surface area contributed by atoms with Gasteiger partial charge in [-0.05, 0) is 43.2 Å². The van der Waals surface area contributed by atoms with Crippen molar-refractivity contribution in [3.05, 3.63) is 56.7 Å². The van der Waals surface area contributed by atoms with E-state index in [1.165, 1.54) is 23.5 Å². The molecule has 3 aromatic rings. The van der Waals surface area contributed by atoms with Crippen molar-refractivity contribution in [1.29, 1.82) is 0 Å². The number of hydrogen-bond donors (Lipinski definition) is 0. The molecule has 0 aliphatic carbocycles. The Hall–Kier alpha value is -2.74. The van der Waals surface area contributed by atoms with Crippen molar-refractivity contribution in [3.8, 4) is 5.75 Å². The molecule has 0 saturated heterocycles. The van der Waals surface area contributed by atoms with Gasteiger partial charge in [-0.2, -0.15) is 0 Å². The number of nitrogens with zero attached hydrogens (tertiary/aromatic N) is 2. The lowest BCUT2D eigenvalue weighted by atomic mass is 10.2. The van der Waals surface area contributed by atoms with E-state index in [-0.39, 0.29) is 18.0 Å². The molecule has 1 aliphatic heterocycles. The summed E-state index contributed by atoms with van der Waals surface area (Å²) in [5.41, 5.74) is 0.560. The minimum atomic E-state index is -0.452. The number of fused-ring (bicyclic) bond motifs is 2. The Morgan fingerprint density at radius 2 is 2.07 bits per heavy atom. The van der Waals surface area contributed by atoms with Crippen LogP contribution in [0.4, 0.5) is 4.39 Å². The average molecular weight is 402 g/mol. The number of halogens is 1. The van der Waals surface area contributed by atoms with E-state index in [9.17, 15) is 14.0 Å². The number of aromatic nitrogens is 2. The van der Waals surface area contributed by atoms with E-state index >= 15 is 0 Å². The molecule has 1 aliphatic rings. The maximum atomic E-state index is 12.8. The first-order valence-corrected chi connectivity index (χ1v) is 9.94. The van der Waals surface area contributed by atoms with Gasteiger partial charge in [-0.15, -0.1) is 11.3 Å². The summed E-state index contributed by atoms with van der Waals surface area (Å²) in [5, 5.41) is 0.516. The molecule has 0 bridgehead atoms. The molecular formula is C20H19FN2O4S. The minimum absolute atomic E-state index is 0.0713. The molecule has 2 aromatic heterocycles. The number of hydrogen-bond acceptors (Lipinski definition) is 6. The Bertz CT molecular complexity index is 1090. The SMILES string of the molecule is Cc1c(C(=O)OCCCOc2ccc(F)cc2)sc2nc3n(c(=O)c12)CCC3. The molecule has 4 rings (SSSR count). The maximum Gasteiger partial charge on any atom is 0.348 e. The fraction of sp³-hybridized carbons (Fsp3) is 0.350. The second kappa shape index (κ2) is 7.71. The Balaban J connectivity index is 1.38. The Labute approximate surface area is 164 Å². The Kier molecular flexibility index (Phi) is 5.13. The normalized spacial score (nSPS) is 12.9. The second-order valence-electron chi connectivity index (χ2n) is 6.62. The summed E-state index contributed by atoms with van der Waals surface area (Å²) in [4.78, 5) is 30.7. The fourth-order valence-electron chi connectivity index (χ4n) is 3.28. The third-order valence-corrected chi connectivity index (χ3v) is 5.87. The quantitative estimate of drug-likeness (QED) is 0.466. The minimum Gasteiger partial charge on any atom is -0.493 e. The highest BCUT2D eigenvalue weighted by Gasteiger charge is 2.23. The van der Waals surface area contributed by atoms with E-state index in [1.54, 1.807) is 23.6 Å². The largest absolute Gasteiger partial charge is 0.493 e. The van der Waals surface area contributed by atoms with Crippen molar-refractivity contribution >= 4 is 27.5 Å². The summed E-state index contributed by atoms with van der Waals surface area (Å²) in [6.45, 7) is 2.98. The monoisotopic (exact) mass is 402 g/mol. The molecule has 1 aromatic carbocycles. The smallest absolute Gasteiger partial charge is 0.348 e. The summed E-state index contributed by atoms with van der Waals surface area (Å²) in [6.07, 6.45) is 2.21. The number of esters is 1. The fourth-order valence-corrected chi connectivity index (χ4v) is 4.36. The molecule has 6 nitrogen and oxygen atoms in total. The molecular weight excluding hydrogens is 383 g/mol. The van der Waals surface area contributed by atoms with Crippen molar-refractivity contribution in [1.82, 2.24) is 9.55 Å². The van der Waals surface area contributed by atoms with E-state index in [0.717, 1.165) is 18.7 Å². The molecule has 0 radical (unpaired) electrons. The summed E-state index contributed by atoms with van der Waals surface area (Å²) in [5.74, 6) is 0.579. The molecule has 0 N–H and O–H groups in total. The highest BCUT2D eigenvalue weighted by molar-refractivity contribution is 7.20. The predicted molar refractivity (Wildman–Crippen MR) is 104 cm³/mol. The molecule has 0 atom stereocenters. The first-order valence-electron chi connectivity index (χ1n) is 9.13. The van der Waals surface area contributed by atoms with Crippen LogP contribution < -0.4 is 10.3 Å². The molecule has 8 heteroatoms. The van der Waals surface area contributed by atoms with Gasteiger partial charge in [0.2, 0.25) is 0 Å². The van der Waals surface area contributed by atoms with E-state index < -0.39 is 5.97 Å². The highest BCUT2D eigenvalue weighted by Crippen LogP contribution is 2.29. The summed E-state index contributed by atoms with van der Waals surface area (Å²) >= 11 is 1.21. The van der Waals surface area contributed by atoms with Crippen LogP contribution in [-0.2, 0) is 17.7 Å². The molecule has 0 fully saturated rings. The molecule has 28 heavy (non-hydrogen) atoms. The zero-order valence-electron chi connectivity index (χ0n) is 15.4. The van der Waals surface area contributed by atoms with Gasteiger partial charge in [-0.3, -0.25) is 9.36 Å². The van der Waals surface area contributed by atoms with Crippen molar-refractivity contribution < 1.29 is 18.7 Å². The van der Waals surface area contributed by atoms with Crippen molar-refractivity contribution in [2.24, 2.45) is 0 Å². The van der Waals surface area contributed by atoms with Crippen LogP contribution in [-0.4, -0.2) is 28.7 Å². The molecule has 0 spiro atoms. The van der Waals surface area contributed by atoms with Crippen LogP contribution in [0, 0.1) is 12.7 Å². The molecule has 146 valence electrons. The number of aryl methyl sites for hydroxylation is 2. The average Bonchev–Trinajstić information content (AvgIpc) is 3.28. The number of rotatable bonds is 6. The van der Waals surface area contributed by atoms with Gasteiger partial charge < -0.3 is 9.47 Å². The molecule has 0 saturated carbocycles. The number of carbonyl (C=O) groups excluding carboxylic acids is 1. The number of ether oxygens (including phenoxy) is 2. The van der Waals surface area contributed by atoms with Crippen LogP contribution >= 0.6 is 11.3 Å². The zero-order valence-corrected chi connectivity index (χ0v) is 16.2. The van der Waals surface area contributed by atoms with Gasteiger partial charge in [0, 0.05) is 19.4 Å². The van der Waals surface area contributed by atoms with E-state index in [0.29, 0.717) is 46.0 Å². The summed E-state index contributed by atoms with van der Waals surface area (Å²) in [6, 6.07) is 5.74. The Morgan fingerprint density at radius 3 is 2.86 bits per heavy atom. The maximum absolute atomic E-state index is 12.8. The van der Waals surface area contributed by atoms with Gasteiger partial charge in [0.05, 0.1) is 18.6 Å². The Morgan fingerprint density at radius 1 is 1.29 bits per heavy atom. The summed E-state index contributed by atoms with van der Waals surface area (Å²) < 4.78 is 25.3. The third kappa shape index (κ3) is 3.52. The van der Waals surface area contributed by atoms with Crippen molar-refractivity contribution in [3.63, 3.8) is 0 Å². The van der Waals surface area contributed by atoms with Crippen molar-refractivity contribution in [2.45, 2.75) is 32.7 Å². The lowest BCUT2D eigenvalue weighted by Gasteiger charge is -2.07. The van der Waals surface area contributed by atoms with Crippen molar-refractivity contribution in [2.75, 3.05) is 13.2 Å². The van der Waals surface area contributed by atoms with E-state index in [1.807, 2.05) is 0 Å². The molecule has 0 unspecified atom stereocenters. The first kappa shape index (κ1) is 18.6. The lowest BCUT2D eigenvalue weighted by molar-refractivity contribution is 0.0491. The number of benzene rings is 1. The van der Waals surface area contributed by atoms with Gasteiger partial charge in [-0.25, -0.2) is 14.2 Å². The van der Waals surface area contributed by atoms with Gasteiger partial charge in [0.25, 0.3) is 5.56 Å². The molecule has 0 amide bonds. The van der Waals surface area contributed by atoms with Gasteiger partial charge in [0.15, 0.2) is 0 Å².